The van der Waals surface area contributed by atoms with E-state index >= 15 is 0 Å². The lowest BCUT2D eigenvalue weighted by Crippen LogP contribution is -2.14. The van der Waals surface area contributed by atoms with E-state index in [0.717, 1.165) is 24.3 Å². The van der Waals surface area contributed by atoms with Gasteiger partial charge in [-0.25, -0.2) is 0 Å². The molecule has 0 spiro atoms. The molecule has 3 aromatic rings. The van der Waals surface area contributed by atoms with Crippen LogP contribution in [0.15, 0.2) is 83.3 Å². The molecule has 1 amide bonds. The molecule has 0 aliphatic rings. The van der Waals surface area contributed by atoms with Gasteiger partial charge < -0.3 is 14.2 Å². The number of hydrogen-bond donors (Lipinski definition) is 1. The van der Waals surface area contributed by atoms with Crippen LogP contribution in [0.5, 0.6) is 11.5 Å². The number of amides is 1. The lowest BCUT2D eigenvalue weighted by atomic mass is 10.1. The molecule has 1 N–H and O–H groups in total. The molecular formula is C23H17N3O7S. The Morgan fingerprint density at radius 2 is 1.71 bits per heavy atom. The highest BCUT2D eigenvalue weighted by atomic mass is 32.2. The molecule has 0 bridgehead atoms. The van der Waals surface area contributed by atoms with E-state index in [1.54, 1.807) is 24.3 Å². The van der Waals surface area contributed by atoms with Gasteiger partial charge in [-0.2, -0.15) is 13.7 Å². The van der Waals surface area contributed by atoms with Crippen LogP contribution in [-0.2, 0) is 14.9 Å². The number of nitrogens with zero attached hydrogens (tertiary/aromatic N) is 2. The Hall–Kier alpha value is -4.69. The maximum absolute atomic E-state index is 12.5. The summed E-state index contributed by atoms with van der Waals surface area (Å²) in [6.45, 7) is 0. The van der Waals surface area contributed by atoms with Crippen molar-refractivity contribution in [3.63, 3.8) is 0 Å². The first kappa shape index (κ1) is 24.0. The summed E-state index contributed by atoms with van der Waals surface area (Å²) in [5, 5.41) is 22.7. The van der Waals surface area contributed by atoms with E-state index in [9.17, 15) is 28.6 Å². The zero-order valence-electron chi connectivity index (χ0n) is 17.7. The molecule has 0 saturated heterocycles. The summed E-state index contributed by atoms with van der Waals surface area (Å²) in [6, 6.07) is 18.5. The van der Waals surface area contributed by atoms with Crippen molar-refractivity contribution in [1.82, 2.24) is 0 Å². The summed E-state index contributed by atoms with van der Waals surface area (Å²) in [7, 11) is -2.76. The first-order valence-electron chi connectivity index (χ1n) is 9.58. The number of rotatable bonds is 8. The zero-order valence-corrected chi connectivity index (χ0v) is 18.5. The summed E-state index contributed by atoms with van der Waals surface area (Å²) in [5.41, 5.74) is 0.416. The fourth-order valence-corrected chi connectivity index (χ4v) is 3.71. The van der Waals surface area contributed by atoms with Crippen LogP contribution in [0, 0.1) is 21.4 Å². The van der Waals surface area contributed by atoms with Crippen molar-refractivity contribution in [2.75, 3.05) is 12.4 Å². The second-order valence-corrected chi connectivity index (χ2v) is 8.23. The number of anilines is 1. The Kier molecular flexibility index (Phi) is 7.25. The lowest BCUT2D eigenvalue weighted by molar-refractivity contribution is -0.384. The number of nitro groups is 1. The number of nitriles is 1. The molecule has 11 heteroatoms. The van der Waals surface area contributed by atoms with Crippen molar-refractivity contribution in [1.29, 1.82) is 5.26 Å². The van der Waals surface area contributed by atoms with Crippen LogP contribution in [0.1, 0.15) is 5.56 Å². The Balaban J connectivity index is 1.74. The number of ether oxygens (including phenoxy) is 1. The van der Waals surface area contributed by atoms with Crippen LogP contribution >= 0.6 is 0 Å². The minimum Gasteiger partial charge on any atom is -0.495 e. The Morgan fingerprint density at radius 3 is 2.29 bits per heavy atom. The van der Waals surface area contributed by atoms with Gasteiger partial charge in [0.15, 0.2) is 0 Å². The van der Waals surface area contributed by atoms with Crippen molar-refractivity contribution in [2.45, 2.75) is 4.90 Å². The molecular weight excluding hydrogens is 462 g/mol. The number of nitro benzene ring substituents is 1. The largest absolute Gasteiger partial charge is 0.495 e. The third-order valence-corrected chi connectivity index (χ3v) is 5.71. The van der Waals surface area contributed by atoms with Crippen LogP contribution in [0.4, 0.5) is 11.4 Å². The molecule has 3 rings (SSSR count). The third kappa shape index (κ3) is 5.76. The van der Waals surface area contributed by atoms with Gasteiger partial charge in [0.1, 0.15) is 28.0 Å². The number of nitrogens with one attached hydrogen (secondary N) is 1. The molecule has 0 saturated carbocycles. The summed E-state index contributed by atoms with van der Waals surface area (Å²) in [4.78, 5) is 22.3. The van der Waals surface area contributed by atoms with Crippen molar-refractivity contribution < 1.29 is 27.1 Å². The van der Waals surface area contributed by atoms with Crippen molar-refractivity contribution >= 4 is 33.5 Å². The van der Waals surface area contributed by atoms with E-state index in [1.807, 2.05) is 6.07 Å². The standard InChI is InChI=1S/C23H17N3O7S/c1-32-22-5-3-2-4-21(22)25-23(27)17(15-24)14-16-6-10-19(11-7-16)33-34(30,31)20-12-8-18(9-13-20)26(28)29/h2-14H,1H3,(H,25,27)/b17-14+. The lowest BCUT2D eigenvalue weighted by Gasteiger charge is -2.09. The fraction of sp³-hybridized carbons (Fsp3) is 0.0435. The van der Waals surface area contributed by atoms with Gasteiger partial charge in [0.25, 0.3) is 11.6 Å². The molecule has 0 fully saturated rings. The van der Waals surface area contributed by atoms with E-state index < -0.39 is 20.9 Å². The number of hydrogen-bond acceptors (Lipinski definition) is 8. The average Bonchev–Trinajstić information content (AvgIpc) is 2.83. The summed E-state index contributed by atoms with van der Waals surface area (Å²) in [5.74, 6) is -0.232. The molecule has 0 radical (unpaired) electrons. The van der Waals surface area contributed by atoms with Crippen LogP contribution in [0.3, 0.4) is 0 Å². The van der Waals surface area contributed by atoms with E-state index in [1.165, 1.54) is 37.5 Å². The molecule has 10 nitrogen and oxygen atoms in total. The second kappa shape index (κ2) is 10.3. The molecule has 0 aromatic heterocycles. The first-order chi connectivity index (χ1) is 16.2. The van der Waals surface area contributed by atoms with Gasteiger partial charge >= 0.3 is 10.1 Å². The summed E-state index contributed by atoms with van der Waals surface area (Å²) >= 11 is 0. The minimum atomic E-state index is -4.22. The number of methoxy groups -OCH3 is 1. The maximum atomic E-state index is 12.5. The van der Waals surface area contributed by atoms with Crippen LogP contribution < -0.4 is 14.2 Å². The predicted molar refractivity (Wildman–Crippen MR) is 123 cm³/mol. The van der Waals surface area contributed by atoms with Crippen LogP contribution in [-0.4, -0.2) is 26.4 Å². The molecule has 0 heterocycles. The average molecular weight is 479 g/mol. The van der Waals surface area contributed by atoms with E-state index in [-0.39, 0.29) is 21.9 Å². The Labute approximate surface area is 194 Å². The number of carbonyl (C=O) groups excluding carboxylic acids is 1. The van der Waals surface area contributed by atoms with Crippen LogP contribution in [0.2, 0.25) is 0 Å². The van der Waals surface area contributed by atoms with Crippen LogP contribution in [0.25, 0.3) is 6.08 Å². The number of benzene rings is 3. The Bertz CT molecular complexity index is 1390. The van der Waals surface area contributed by atoms with Gasteiger partial charge in [-0.15, -0.1) is 0 Å². The molecule has 34 heavy (non-hydrogen) atoms. The number of non-ortho nitro benzene ring substituents is 1. The third-order valence-electron chi connectivity index (χ3n) is 4.45. The van der Waals surface area contributed by atoms with Gasteiger partial charge in [0.2, 0.25) is 0 Å². The zero-order chi connectivity index (χ0) is 24.7. The molecule has 172 valence electrons. The predicted octanol–water partition coefficient (Wildman–Crippen LogP) is 3.92. The molecule has 0 aliphatic carbocycles. The van der Waals surface area contributed by atoms with Gasteiger partial charge in [-0.3, -0.25) is 14.9 Å². The van der Waals surface area contributed by atoms with Gasteiger partial charge in [-0.05, 0) is 48.0 Å². The fourth-order valence-electron chi connectivity index (χ4n) is 2.78. The monoisotopic (exact) mass is 479 g/mol. The smallest absolute Gasteiger partial charge is 0.339 e. The first-order valence-corrected chi connectivity index (χ1v) is 11.0. The van der Waals surface area contributed by atoms with Gasteiger partial charge in [0, 0.05) is 12.1 Å². The van der Waals surface area contributed by atoms with Gasteiger partial charge in [-0.1, -0.05) is 24.3 Å². The van der Waals surface area contributed by atoms with E-state index in [0.29, 0.717) is 17.0 Å². The normalized spacial score (nSPS) is 11.2. The quantitative estimate of drug-likeness (QED) is 0.168. The Morgan fingerprint density at radius 1 is 1.06 bits per heavy atom. The van der Waals surface area contributed by atoms with Crippen molar-refractivity contribution in [2.24, 2.45) is 0 Å². The highest BCUT2D eigenvalue weighted by molar-refractivity contribution is 7.87. The molecule has 0 aliphatic heterocycles. The number of carbonyl (C=O) groups is 1. The highest BCUT2D eigenvalue weighted by Crippen LogP contribution is 2.25. The minimum absolute atomic E-state index is 0.0208. The summed E-state index contributed by atoms with van der Waals surface area (Å²) < 4.78 is 35.0. The maximum Gasteiger partial charge on any atom is 0.339 e. The topological polar surface area (TPSA) is 149 Å². The number of para-hydroxylation sites is 2. The molecule has 3 aromatic carbocycles. The van der Waals surface area contributed by atoms with Crippen molar-refractivity contribution in [3.05, 3.63) is 94.0 Å². The SMILES string of the molecule is COc1ccccc1NC(=O)/C(C#N)=C/c1ccc(OS(=O)(=O)c2ccc([N+](=O)[O-])cc2)cc1. The second-order valence-electron chi connectivity index (χ2n) is 6.68. The van der Waals surface area contributed by atoms with E-state index in [4.69, 9.17) is 8.92 Å². The van der Waals surface area contributed by atoms with E-state index in [2.05, 4.69) is 5.32 Å². The van der Waals surface area contributed by atoms with Crippen molar-refractivity contribution in [3.8, 4) is 17.6 Å². The summed E-state index contributed by atoms with van der Waals surface area (Å²) in [6.07, 6.45) is 1.33. The molecule has 0 unspecified atom stereocenters. The molecule has 0 atom stereocenters. The van der Waals surface area contributed by atoms with Gasteiger partial charge in [0.05, 0.1) is 17.7 Å². The highest BCUT2D eigenvalue weighted by Gasteiger charge is 2.18.